The highest BCUT2D eigenvalue weighted by molar-refractivity contribution is 7.80. The van der Waals surface area contributed by atoms with Crippen molar-refractivity contribution in [1.29, 1.82) is 0 Å². The van der Waals surface area contributed by atoms with Gasteiger partial charge in [0.05, 0.1) is 18.9 Å². The molecule has 1 aromatic heterocycles. The van der Waals surface area contributed by atoms with Gasteiger partial charge in [-0.3, -0.25) is 15.1 Å². The van der Waals surface area contributed by atoms with Crippen LogP contribution in [0.5, 0.6) is 0 Å². The Kier molecular flexibility index (Phi) is 4.39. The number of hydrogen-bond donors (Lipinski definition) is 1. The maximum absolute atomic E-state index is 11.8. The summed E-state index contributed by atoms with van der Waals surface area (Å²) < 4.78 is 4.51. The molecule has 0 spiro atoms. The number of ether oxygens (including phenoxy) is 1. The van der Waals surface area contributed by atoms with E-state index < -0.39 is 11.9 Å². The van der Waals surface area contributed by atoms with Gasteiger partial charge in [-0.25, -0.2) is 9.80 Å². The van der Waals surface area contributed by atoms with Crippen LogP contribution in [0.15, 0.2) is 41.4 Å². The van der Waals surface area contributed by atoms with E-state index in [1.54, 1.807) is 25.4 Å². The summed E-state index contributed by atoms with van der Waals surface area (Å²) in [6.07, 6.45) is 4.32. The van der Waals surface area contributed by atoms with Gasteiger partial charge in [0, 0.05) is 18.0 Å². The van der Waals surface area contributed by atoms with E-state index in [-0.39, 0.29) is 10.8 Å². The Morgan fingerprint density at radius 1 is 1.57 bits per heavy atom. The molecule has 2 rings (SSSR count). The predicted molar refractivity (Wildman–Crippen MR) is 79.1 cm³/mol. The quantitative estimate of drug-likeness (QED) is 0.380. The number of amides is 1. The highest BCUT2D eigenvalue weighted by Crippen LogP contribution is 2.15. The zero-order chi connectivity index (χ0) is 15.4. The van der Waals surface area contributed by atoms with Crippen molar-refractivity contribution in [2.24, 2.45) is 5.10 Å². The molecule has 0 atom stereocenters. The van der Waals surface area contributed by atoms with Crippen molar-refractivity contribution in [3.05, 3.63) is 41.9 Å². The molecular formula is C13H12N4O3S. The summed E-state index contributed by atoms with van der Waals surface area (Å²) in [6.45, 7) is 1.75. The van der Waals surface area contributed by atoms with Gasteiger partial charge >= 0.3 is 5.97 Å². The molecule has 1 fully saturated rings. The minimum absolute atomic E-state index is 0.00934. The van der Waals surface area contributed by atoms with E-state index in [0.717, 1.165) is 11.6 Å². The second kappa shape index (κ2) is 6.23. The van der Waals surface area contributed by atoms with Crippen LogP contribution in [0.4, 0.5) is 0 Å². The van der Waals surface area contributed by atoms with Crippen LogP contribution in [0.2, 0.25) is 0 Å². The van der Waals surface area contributed by atoms with Gasteiger partial charge < -0.3 is 4.74 Å². The number of methoxy groups -OCH3 is 1. The number of aromatic nitrogens is 1. The SMILES string of the molecule is COC(=O)/C=C1\C(=O)NC(=S)N1/N=C(/C)c1cccnc1. The topological polar surface area (TPSA) is 83.9 Å². The van der Waals surface area contributed by atoms with Crippen LogP contribution in [0, 0.1) is 0 Å². The number of esters is 1. The van der Waals surface area contributed by atoms with Gasteiger partial charge in [0.1, 0.15) is 5.70 Å². The summed E-state index contributed by atoms with van der Waals surface area (Å²) in [5, 5.41) is 7.97. The first-order chi connectivity index (χ1) is 10.0. The number of hydrazone groups is 1. The Hall–Kier alpha value is -2.61. The summed E-state index contributed by atoms with van der Waals surface area (Å²) in [5.74, 6) is -1.17. The molecule has 0 aromatic carbocycles. The zero-order valence-corrected chi connectivity index (χ0v) is 12.2. The van der Waals surface area contributed by atoms with E-state index >= 15 is 0 Å². The van der Waals surface area contributed by atoms with E-state index in [1.165, 1.54) is 12.1 Å². The normalized spacial score (nSPS) is 17.1. The van der Waals surface area contributed by atoms with Gasteiger partial charge in [-0.2, -0.15) is 5.10 Å². The Labute approximate surface area is 126 Å². The lowest BCUT2D eigenvalue weighted by Gasteiger charge is -2.12. The number of carbonyl (C=O) groups excluding carboxylic acids is 2. The monoisotopic (exact) mass is 304 g/mol. The average molecular weight is 304 g/mol. The first-order valence-corrected chi connectivity index (χ1v) is 6.34. The first kappa shape index (κ1) is 14.8. The van der Waals surface area contributed by atoms with Crippen LogP contribution < -0.4 is 5.32 Å². The lowest BCUT2D eigenvalue weighted by atomic mass is 10.2. The molecule has 7 nitrogen and oxygen atoms in total. The van der Waals surface area contributed by atoms with Gasteiger partial charge in [-0.1, -0.05) is 6.07 Å². The minimum Gasteiger partial charge on any atom is -0.466 e. The summed E-state index contributed by atoms with van der Waals surface area (Å²) in [7, 11) is 1.22. The van der Waals surface area contributed by atoms with Crippen LogP contribution >= 0.6 is 12.2 Å². The summed E-state index contributed by atoms with van der Waals surface area (Å²) in [6, 6.07) is 3.59. The maximum atomic E-state index is 11.8. The maximum Gasteiger partial charge on any atom is 0.332 e. The molecule has 8 heteroatoms. The molecule has 1 saturated heterocycles. The number of pyridine rings is 1. The lowest BCUT2D eigenvalue weighted by molar-refractivity contribution is -0.135. The first-order valence-electron chi connectivity index (χ1n) is 5.93. The Morgan fingerprint density at radius 2 is 2.33 bits per heavy atom. The molecule has 1 aliphatic rings. The number of carbonyl (C=O) groups is 2. The van der Waals surface area contributed by atoms with Crippen LogP contribution in [0.1, 0.15) is 12.5 Å². The van der Waals surface area contributed by atoms with Crippen molar-refractivity contribution in [2.75, 3.05) is 7.11 Å². The number of nitrogens with zero attached hydrogens (tertiary/aromatic N) is 3. The molecule has 0 radical (unpaired) electrons. The van der Waals surface area contributed by atoms with Crippen LogP contribution in [-0.2, 0) is 14.3 Å². The fraction of sp³-hybridized carbons (Fsp3) is 0.154. The smallest absolute Gasteiger partial charge is 0.332 e. The van der Waals surface area contributed by atoms with Gasteiger partial charge in [-0.15, -0.1) is 0 Å². The molecule has 108 valence electrons. The fourth-order valence-electron chi connectivity index (χ4n) is 1.60. The molecule has 21 heavy (non-hydrogen) atoms. The van der Waals surface area contributed by atoms with Gasteiger partial charge in [-0.05, 0) is 25.2 Å². The second-order valence-electron chi connectivity index (χ2n) is 4.05. The predicted octanol–water partition coefficient (Wildman–Crippen LogP) is 0.579. The molecule has 0 unspecified atom stereocenters. The van der Waals surface area contributed by atoms with Crippen LogP contribution in [-0.4, -0.2) is 39.8 Å². The largest absolute Gasteiger partial charge is 0.466 e. The highest BCUT2D eigenvalue weighted by atomic mass is 32.1. The van der Waals surface area contributed by atoms with E-state index in [9.17, 15) is 9.59 Å². The third-order valence-corrected chi connectivity index (χ3v) is 2.93. The molecule has 1 N–H and O–H groups in total. The van der Waals surface area contributed by atoms with Gasteiger partial charge in [0.15, 0.2) is 0 Å². The molecule has 0 bridgehead atoms. The molecule has 1 aromatic rings. The fourth-order valence-corrected chi connectivity index (χ4v) is 1.83. The number of hydrogen-bond acceptors (Lipinski definition) is 6. The third-order valence-electron chi connectivity index (χ3n) is 2.66. The summed E-state index contributed by atoms with van der Waals surface area (Å²) in [5.41, 5.74) is 1.38. The van der Waals surface area contributed by atoms with Crippen LogP contribution in [0.3, 0.4) is 0 Å². The average Bonchev–Trinajstić information content (AvgIpc) is 2.74. The van der Waals surface area contributed by atoms with Crippen molar-refractivity contribution in [3.8, 4) is 0 Å². The standard InChI is InChI=1S/C13H12N4O3S/c1-8(9-4-3-5-14-7-9)16-17-10(6-11(18)20-2)12(19)15-13(17)21/h3-7H,1-2H3,(H,15,19,21)/b10-6+,16-8-. The van der Waals surface area contributed by atoms with E-state index in [4.69, 9.17) is 12.2 Å². The Balaban J connectivity index is 2.36. The number of rotatable bonds is 3. The third kappa shape index (κ3) is 3.29. The molecule has 1 amide bonds. The van der Waals surface area contributed by atoms with Crippen molar-refractivity contribution < 1.29 is 14.3 Å². The number of thiocarbonyl (C=S) groups is 1. The lowest BCUT2D eigenvalue weighted by Crippen LogP contribution is -2.24. The molecule has 1 aliphatic heterocycles. The van der Waals surface area contributed by atoms with Crippen LogP contribution in [0.25, 0.3) is 0 Å². The summed E-state index contributed by atoms with van der Waals surface area (Å²) in [4.78, 5) is 27.1. The van der Waals surface area contributed by atoms with Crippen molar-refractivity contribution in [2.45, 2.75) is 6.92 Å². The zero-order valence-electron chi connectivity index (χ0n) is 11.4. The highest BCUT2D eigenvalue weighted by Gasteiger charge is 2.31. The molecule has 0 saturated carbocycles. The Bertz CT molecular complexity index is 655. The van der Waals surface area contributed by atoms with Crippen molar-refractivity contribution >= 4 is 34.9 Å². The van der Waals surface area contributed by atoms with E-state index in [2.05, 4.69) is 20.1 Å². The second-order valence-corrected chi connectivity index (χ2v) is 4.44. The van der Waals surface area contributed by atoms with Gasteiger partial charge in [0.2, 0.25) is 5.11 Å². The molecule has 0 aliphatic carbocycles. The number of nitrogens with one attached hydrogen (secondary N) is 1. The summed E-state index contributed by atoms with van der Waals surface area (Å²) >= 11 is 5.03. The van der Waals surface area contributed by atoms with Crippen molar-refractivity contribution in [3.63, 3.8) is 0 Å². The van der Waals surface area contributed by atoms with Gasteiger partial charge in [0.25, 0.3) is 5.91 Å². The Morgan fingerprint density at radius 3 is 2.95 bits per heavy atom. The minimum atomic E-state index is -0.663. The van der Waals surface area contributed by atoms with E-state index in [0.29, 0.717) is 5.71 Å². The molecule has 2 heterocycles. The van der Waals surface area contributed by atoms with E-state index in [1.807, 2.05) is 6.07 Å². The molecular weight excluding hydrogens is 292 g/mol. The van der Waals surface area contributed by atoms with Crippen molar-refractivity contribution in [1.82, 2.24) is 15.3 Å².